The van der Waals surface area contributed by atoms with Gasteiger partial charge < -0.3 is 25.8 Å². The van der Waals surface area contributed by atoms with Crippen molar-refractivity contribution in [1.82, 2.24) is 9.97 Å². The summed E-state index contributed by atoms with van der Waals surface area (Å²) in [6, 6.07) is 13.4. The van der Waals surface area contributed by atoms with E-state index in [-0.39, 0.29) is 12.4 Å². The first-order chi connectivity index (χ1) is 14.1. The number of aliphatic hydroxyl groups excluding tert-OH is 1. The molecular weight excluding hydrogens is 393 g/mol. The van der Waals surface area contributed by atoms with Crippen LogP contribution in [0.4, 0.5) is 21.6 Å². The van der Waals surface area contributed by atoms with Crippen LogP contribution in [0.25, 0.3) is 11.4 Å². The van der Waals surface area contributed by atoms with Crippen LogP contribution in [0.1, 0.15) is 0 Å². The van der Waals surface area contributed by atoms with Gasteiger partial charge in [-0.3, -0.25) is 0 Å². The Balaban J connectivity index is 1.68. The lowest BCUT2D eigenvalue weighted by molar-refractivity contribution is 0.310. The van der Waals surface area contributed by atoms with E-state index in [0.717, 1.165) is 11.3 Å². The van der Waals surface area contributed by atoms with Crippen LogP contribution >= 0.6 is 12.2 Å². The van der Waals surface area contributed by atoms with E-state index in [4.69, 9.17) is 22.1 Å². The molecule has 1 heterocycles. The van der Waals surface area contributed by atoms with Crippen LogP contribution in [0.15, 0.2) is 54.7 Å². The Hall–Kier alpha value is -3.30. The molecule has 0 saturated heterocycles. The first-order valence-corrected chi connectivity index (χ1v) is 9.19. The fourth-order valence-electron chi connectivity index (χ4n) is 2.49. The third-order valence-electron chi connectivity index (χ3n) is 3.88. The van der Waals surface area contributed by atoms with Gasteiger partial charge in [0.2, 0.25) is 0 Å². The van der Waals surface area contributed by atoms with Crippen molar-refractivity contribution in [2.45, 2.75) is 0 Å². The maximum absolute atomic E-state index is 13.0. The van der Waals surface area contributed by atoms with Crippen molar-refractivity contribution < 1.29 is 14.2 Å². The molecule has 0 aliphatic rings. The normalized spacial score (nSPS) is 10.3. The van der Waals surface area contributed by atoms with Gasteiger partial charge in [0.05, 0.1) is 19.9 Å². The van der Waals surface area contributed by atoms with Crippen molar-refractivity contribution in [1.29, 1.82) is 0 Å². The summed E-state index contributed by atoms with van der Waals surface area (Å²) in [5.74, 6) is 1.22. The molecule has 150 valence electrons. The smallest absolute Gasteiger partial charge is 0.179 e. The number of anilines is 3. The average Bonchev–Trinajstić information content (AvgIpc) is 2.74. The van der Waals surface area contributed by atoms with Gasteiger partial charge in [0.1, 0.15) is 5.82 Å². The van der Waals surface area contributed by atoms with Crippen LogP contribution in [-0.2, 0) is 0 Å². The van der Waals surface area contributed by atoms with E-state index in [9.17, 15) is 4.39 Å². The van der Waals surface area contributed by atoms with Gasteiger partial charge >= 0.3 is 0 Å². The van der Waals surface area contributed by atoms with Gasteiger partial charge in [0.15, 0.2) is 22.5 Å². The van der Waals surface area contributed by atoms with Gasteiger partial charge in [-0.2, -0.15) is 0 Å². The van der Waals surface area contributed by atoms with Gasteiger partial charge in [-0.1, -0.05) is 0 Å². The van der Waals surface area contributed by atoms with Gasteiger partial charge in [-0.25, -0.2) is 14.4 Å². The molecule has 29 heavy (non-hydrogen) atoms. The number of hydrogen-bond donors (Lipinski definition) is 4. The maximum atomic E-state index is 13.0. The Labute approximate surface area is 173 Å². The molecule has 0 amide bonds. The molecule has 0 spiro atoms. The lowest BCUT2D eigenvalue weighted by atomic mass is 10.2. The monoisotopic (exact) mass is 413 g/mol. The van der Waals surface area contributed by atoms with E-state index < -0.39 is 0 Å². The summed E-state index contributed by atoms with van der Waals surface area (Å²) in [4.78, 5) is 8.77. The second-order valence-electron chi connectivity index (χ2n) is 5.92. The highest BCUT2D eigenvalue weighted by atomic mass is 32.1. The maximum Gasteiger partial charge on any atom is 0.179 e. The van der Waals surface area contributed by atoms with Crippen molar-refractivity contribution in [2.75, 3.05) is 36.2 Å². The Morgan fingerprint density at radius 2 is 1.69 bits per heavy atom. The first kappa shape index (κ1) is 20.4. The zero-order valence-corrected chi connectivity index (χ0v) is 16.5. The minimum Gasteiger partial charge on any atom is -0.491 e. The SMILES string of the molecule is COc1cnc(-c2ccc(NC(=S)Nc3ccc(F)cc3)cc2)nc1NCCO. The lowest BCUT2D eigenvalue weighted by Gasteiger charge is -2.12. The standard InChI is InChI=1S/C20H20FN5O2S/c1-28-17-12-23-18(26-19(17)22-10-11-27)13-2-6-15(7-3-13)24-20(29)25-16-8-4-14(21)5-9-16/h2-9,12,27H,10-11H2,1H3,(H,22,23,26)(H2,24,25,29). The molecule has 9 heteroatoms. The molecule has 0 unspecified atom stereocenters. The second-order valence-corrected chi connectivity index (χ2v) is 6.33. The molecule has 3 rings (SSSR count). The molecule has 3 aromatic rings. The Morgan fingerprint density at radius 1 is 1.07 bits per heavy atom. The molecular formula is C20H20FN5O2S. The molecule has 0 atom stereocenters. The second kappa shape index (κ2) is 9.76. The summed E-state index contributed by atoms with van der Waals surface area (Å²) in [6.07, 6.45) is 1.58. The Morgan fingerprint density at radius 3 is 2.28 bits per heavy atom. The largest absolute Gasteiger partial charge is 0.491 e. The number of nitrogens with one attached hydrogen (secondary N) is 3. The van der Waals surface area contributed by atoms with E-state index >= 15 is 0 Å². The van der Waals surface area contributed by atoms with E-state index in [1.807, 2.05) is 24.3 Å². The van der Waals surface area contributed by atoms with E-state index in [1.165, 1.54) is 19.2 Å². The Bertz CT molecular complexity index is 968. The topological polar surface area (TPSA) is 91.3 Å². The van der Waals surface area contributed by atoms with Crippen LogP contribution in [0.2, 0.25) is 0 Å². The van der Waals surface area contributed by atoms with Crippen molar-refractivity contribution in [3.05, 3.63) is 60.5 Å². The zero-order chi connectivity index (χ0) is 20.6. The predicted octanol–water partition coefficient (Wildman–Crippen LogP) is 3.50. The molecule has 0 radical (unpaired) electrons. The fourth-order valence-corrected chi connectivity index (χ4v) is 2.73. The molecule has 0 aliphatic carbocycles. The third kappa shape index (κ3) is 5.59. The van der Waals surface area contributed by atoms with Crippen LogP contribution in [0, 0.1) is 5.82 Å². The molecule has 1 aromatic heterocycles. The minimum atomic E-state index is -0.305. The van der Waals surface area contributed by atoms with Crippen LogP contribution in [0.3, 0.4) is 0 Å². The van der Waals surface area contributed by atoms with E-state index in [1.54, 1.807) is 18.3 Å². The van der Waals surface area contributed by atoms with Crippen LogP contribution in [0.5, 0.6) is 5.75 Å². The highest BCUT2D eigenvalue weighted by Crippen LogP contribution is 2.25. The highest BCUT2D eigenvalue weighted by molar-refractivity contribution is 7.80. The van der Waals surface area contributed by atoms with Gasteiger partial charge in [0.25, 0.3) is 0 Å². The highest BCUT2D eigenvalue weighted by Gasteiger charge is 2.09. The quantitative estimate of drug-likeness (QED) is 0.438. The van der Waals surface area contributed by atoms with Crippen molar-refractivity contribution in [3.63, 3.8) is 0 Å². The number of aromatic nitrogens is 2. The predicted molar refractivity (Wildman–Crippen MR) is 116 cm³/mol. The average molecular weight is 413 g/mol. The molecule has 0 fully saturated rings. The number of hydrogen-bond acceptors (Lipinski definition) is 6. The fraction of sp³-hybridized carbons (Fsp3) is 0.150. The number of benzene rings is 2. The van der Waals surface area contributed by atoms with Gasteiger partial charge in [0, 0.05) is 23.5 Å². The van der Waals surface area contributed by atoms with Crippen molar-refractivity contribution >= 4 is 34.5 Å². The number of methoxy groups -OCH3 is 1. The Kier molecular flexibility index (Phi) is 6.88. The van der Waals surface area contributed by atoms with Crippen LogP contribution < -0.4 is 20.7 Å². The summed E-state index contributed by atoms with van der Waals surface area (Å²) < 4.78 is 18.2. The van der Waals surface area contributed by atoms with E-state index in [2.05, 4.69) is 25.9 Å². The molecule has 0 bridgehead atoms. The number of aliphatic hydroxyl groups is 1. The number of thiocarbonyl (C=S) groups is 1. The summed E-state index contributed by atoms with van der Waals surface area (Å²) in [5, 5.41) is 18.4. The number of halogens is 1. The van der Waals surface area contributed by atoms with Crippen LogP contribution in [-0.4, -0.2) is 40.4 Å². The third-order valence-corrected chi connectivity index (χ3v) is 4.09. The number of ether oxygens (including phenoxy) is 1. The summed E-state index contributed by atoms with van der Waals surface area (Å²) in [7, 11) is 1.53. The van der Waals surface area contributed by atoms with Gasteiger partial charge in [-0.05, 0) is 60.7 Å². The lowest BCUT2D eigenvalue weighted by Crippen LogP contribution is -2.18. The summed E-state index contributed by atoms with van der Waals surface area (Å²) >= 11 is 5.28. The van der Waals surface area contributed by atoms with Gasteiger partial charge in [-0.15, -0.1) is 0 Å². The molecule has 2 aromatic carbocycles. The number of rotatable bonds is 7. The molecule has 7 nitrogen and oxygen atoms in total. The molecule has 4 N–H and O–H groups in total. The minimum absolute atomic E-state index is 0.0191. The van der Waals surface area contributed by atoms with Crippen molar-refractivity contribution in [3.8, 4) is 17.1 Å². The summed E-state index contributed by atoms with van der Waals surface area (Å²) in [5.41, 5.74) is 2.28. The zero-order valence-electron chi connectivity index (χ0n) is 15.6. The molecule has 0 aliphatic heterocycles. The van der Waals surface area contributed by atoms with E-state index in [0.29, 0.717) is 34.7 Å². The van der Waals surface area contributed by atoms with Crippen molar-refractivity contribution in [2.24, 2.45) is 0 Å². The number of nitrogens with zero attached hydrogens (tertiary/aromatic N) is 2. The first-order valence-electron chi connectivity index (χ1n) is 8.79. The summed E-state index contributed by atoms with van der Waals surface area (Å²) in [6.45, 7) is 0.336. The molecule has 0 saturated carbocycles.